The molecule has 0 spiro atoms. The van der Waals surface area contributed by atoms with Gasteiger partial charge in [-0.2, -0.15) is 5.10 Å². The van der Waals surface area contributed by atoms with Crippen molar-refractivity contribution >= 4 is 5.97 Å². The second-order valence-electron chi connectivity index (χ2n) is 7.00. The average molecular weight is 343 g/mol. The van der Waals surface area contributed by atoms with Crippen LogP contribution in [0.25, 0.3) is 5.69 Å². The van der Waals surface area contributed by atoms with Gasteiger partial charge in [0.15, 0.2) is 0 Å². The lowest BCUT2D eigenvalue weighted by molar-refractivity contribution is -0.143. The van der Waals surface area contributed by atoms with Crippen LogP contribution in [0.15, 0.2) is 24.3 Å². The molecule has 1 aliphatic carbocycles. The number of benzene rings is 1. The van der Waals surface area contributed by atoms with Crippen LogP contribution in [-0.4, -0.2) is 38.8 Å². The number of piperidine rings is 1. The number of hydrogen-bond donors (Lipinski definition) is 1. The maximum atomic E-state index is 13.2. The van der Waals surface area contributed by atoms with Gasteiger partial charge in [0.1, 0.15) is 5.82 Å². The Kier molecular flexibility index (Phi) is 4.29. The summed E-state index contributed by atoms with van der Waals surface area (Å²) in [5.74, 6) is -1.13. The monoisotopic (exact) mass is 343 g/mol. The summed E-state index contributed by atoms with van der Waals surface area (Å²) in [5, 5.41) is 13.9. The van der Waals surface area contributed by atoms with E-state index in [-0.39, 0.29) is 11.7 Å². The van der Waals surface area contributed by atoms with Crippen LogP contribution in [0, 0.1) is 11.7 Å². The minimum absolute atomic E-state index is 0.210. The molecule has 2 heterocycles. The number of aliphatic carboxylic acids is 1. The Labute approximate surface area is 146 Å². The summed E-state index contributed by atoms with van der Waals surface area (Å²) in [7, 11) is 0. The molecule has 2 aromatic rings. The lowest BCUT2D eigenvalue weighted by Crippen LogP contribution is -2.36. The molecule has 0 amide bonds. The first-order chi connectivity index (χ1) is 12.1. The third-order valence-corrected chi connectivity index (χ3v) is 5.39. The van der Waals surface area contributed by atoms with E-state index in [1.807, 2.05) is 4.68 Å². The zero-order valence-electron chi connectivity index (χ0n) is 14.1. The molecule has 1 saturated heterocycles. The highest BCUT2D eigenvalue weighted by atomic mass is 19.1. The van der Waals surface area contributed by atoms with Crippen molar-refractivity contribution in [1.29, 1.82) is 0 Å². The van der Waals surface area contributed by atoms with Gasteiger partial charge in [0.2, 0.25) is 0 Å². The van der Waals surface area contributed by atoms with Gasteiger partial charge in [-0.25, -0.2) is 9.07 Å². The Bertz CT molecular complexity index is 777. The Morgan fingerprint density at radius 1 is 1.20 bits per heavy atom. The number of carboxylic acid groups (broad SMARTS) is 1. The smallest absolute Gasteiger partial charge is 0.306 e. The topological polar surface area (TPSA) is 58.4 Å². The molecule has 0 saturated carbocycles. The molecular weight excluding hydrogens is 321 g/mol. The largest absolute Gasteiger partial charge is 0.481 e. The normalized spacial score (nSPS) is 18.4. The van der Waals surface area contributed by atoms with Crippen molar-refractivity contribution < 1.29 is 14.3 Å². The second-order valence-corrected chi connectivity index (χ2v) is 7.00. The van der Waals surface area contributed by atoms with E-state index in [4.69, 9.17) is 10.2 Å². The van der Waals surface area contributed by atoms with E-state index in [1.54, 1.807) is 12.1 Å². The van der Waals surface area contributed by atoms with Crippen molar-refractivity contribution in [1.82, 2.24) is 14.7 Å². The fraction of sp³-hybridized carbons (Fsp3) is 0.474. The van der Waals surface area contributed by atoms with Crippen LogP contribution in [0.5, 0.6) is 0 Å². The Hall–Kier alpha value is -2.21. The maximum Gasteiger partial charge on any atom is 0.306 e. The number of fused-ring (bicyclic) bond motifs is 1. The Morgan fingerprint density at radius 2 is 1.92 bits per heavy atom. The summed E-state index contributed by atoms with van der Waals surface area (Å²) >= 11 is 0. The number of hydrogen-bond acceptors (Lipinski definition) is 3. The van der Waals surface area contributed by atoms with Crippen LogP contribution in [0.1, 0.15) is 36.2 Å². The summed E-state index contributed by atoms with van der Waals surface area (Å²) < 4.78 is 15.2. The van der Waals surface area contributed by atoms with Gasteiger partial charge in [-0.1, -0.05) is 0 Å². The summed E-state index contributed by atoms with van der Waals surface area (Å²) in [5.41, 5.74) is 4.55. The highest BCUT2D eigenvalue weighted by molar-refractivity contribution is 5.70. The number of aromatic nitrogens is 2. The van der Waals surface area contributed by atoms with Gasteiger partial charge in [-0.05, 0) is 75.0 Å². The molecule has 1 fully saturated rings. The van der Waals surface area contributed by atoms with Gasteiger partial charge in [-0.3, -0.25) is 9.69 Å². The molecule has 0 atom stereocenters. The molecule has 0 bridgehead atoms. The quantitative estimate of drug-likeness (QED) is 0.927. The molecule has 6 heteroatoms. The van der Waals surface area contributed by atoms with Gasteiger partial charge < -0.3 is 5.11 Å². The van der Waals surface area contributed by atoms with Crippen LogP contribution in [0.2, 0.25) is 0 Å². The van der Waals surface area contributed by atoms with E-state index in [0.29, 0.717) is 12.8 Å². The Balaban J connectivity index is 1.54. The van der Waals surface area contributed by atoms with Crippen molar-refractivity contribution in [2.45, 2.75) is 38.6 Å². The number of nitrogens with zero attached hydrogens (tertiary/aromatic N) is 3. The standard InChI is InChI=1S/C19H22FN3O2/c20-14-4-6-15(7-5-14)23-18-3-1-2-16(18)17(21-23)12-22-10-8-13(9-11-22)19(24)25/h4-7,13H,1-3,8-12H2,(H,24,25). The maximum absolute atomic E-state index is 13.2. The Morgan fingerprint density at radius 3 is 2.60 bits per heavy atom. The van der Waals surface area contributed by atoms with E-state index < -0.39 is 5.97 Å². The molecule has 132 valence electrons. The van der Waals surface area contributed by atoms with Gasteiger partial charge in [0.25, 0.3) is 0 Å². The number of likely N-dealkylation sites (tertiary alicyclic amines) is 1. The molecule has 1 aromatic carbocycles. The molecule has 25 heavy (non-hydrogen) atoms. The molecular formula is C19H22FN3O2. The number of rotatable bonds is 4. The van der Waals surface area contributed by atoms with E-state index in [0.717, 1.165) is 50.3 Å². The van der Waals surface area contributed by atoms with Crippen LogP contribution < -0.4 is 0 Å². The minimum atomic E-state index is -0.680. The van der Waals surface area contributed by atoms with Gasteiger partial charge in [0, 0.05) is 12.2 Å². The highest BCUT2D eigenvalue weighted by Gasteiger charge is 2.28. The fourth-order valence-electron chi connectivity index (χ4n) is 3.99. The van der Waals surface area contributed by atoms with E-state index >= 15 is 0 Å². The highest BCUT2D eigenvalue weighted by Crippen LogP contribution is 2.29. The van der Waals surface area contributed by atoms with Gasteiger partial charge in [0.05, 0.1) is 17.3 Å². The third kappa shape index (κ3) is 3.18. The number of carboxylic acids is 1. The molecule has 0 unspecified atom stereocenters. The van der Waals surface area contributed by atoms with Crippen molar-refractivity contribution in [3.8, 4) is 5.69 Å². The van der Waals surface area contributed by atoms with E-state index in [1.165, 1.54) is 23.4 Å². The molecule has 4 rings (SSSR count). The predicted molar refractivity (Wildman–Crippen MR) is 91.2 cm³/mol. The third-order valence-electron chi connectivity index (χ3n) is 5.39. The average Bonchev–Trinajstić information content (AvgIpc) is 3.20. The minimum Gasteiger partial charge on any atom is -0.481 e. The van der Waals surface area contributed by atoms with Gasteiger partial charge in [-0.15, -0.1) is 0 Å². The van der Waals surface area contributed by atoms with Crippen LogP contribution in [0.3, 0.4) is 0 Å². The zero-order chi connectivity index (χ0) is 17.4. The predicted octanol–water partition coefficient (Wildman–Crippen LogP) is 2.80. The molecule has 5 nitrogen and oxygen atoms in total. The zero-order valence-corrected chi connectivity index (χ0v) is 14.1. The first kappa shape index (κ1) is 16.3. The molecule has 0 radical (unpaired) electrons. The first-order valence-electron chi connectivity index (χ1n) is 8.92. The van der Waals surface area contributed by atoms with E-state index in [2.05, 4.69) is 4.90 Å². The molecule has 1 aliphatic heterocycles. The van der Waals surface area contributed by atoms with Crippen LogP contribution in [-0.2, 0) is 24.2 Å². The van der Waals surface area contributed by atoms with Crippen LogP contribution >= 0.6 is 0 Å². The first-order valence-corrected chi connectivity index (χ1v) is 8.92. The van der Waals surface area contributed by atoms with Crippen molar-refractivity contribution in [3.05, 3.63) is 47.0 Å². The summed E-state index contributed by atoms with van der Waals surface area (Å²) in [4.78, 5) is 13.4. The van der Waals surface area contributed by atoms with Gasteiger partial charge >= 0.3 is 5.97 Å². The van der Waals surface area contributed by atoms with Crippen molar-refractivity contribution in [3.63, 3.8) is 0 Å². The lowest BCUT2D eigenvalue weighted by Gasteiger charge is -2.29. The fourth-order valence-corrected chi connectivity index (χ4v) is 3.99. The molecule has 2 aliphatic rings. The van der Waals surface area contributed by atoms with Crippen LogP contribution in [0.4, 0.5) is 4.39 Å². The number of halogens is 1. The summed E-state index contributed by atoms with van der Waals surface area (Å²) in [6.07, 6.45) is 4.58. The molecule has 1 N–H and O–H groups in total. The van der Waals surface area contributed by atoms with Crippen molar-refractivity contribution in [2.24, 2.45) is 5.92 Å². The summed E-state index contributed by atoms with van der Waals surface area (Å²) in [6.45, 7) is 2.37. The molecule has 1 aromatic heterocycles. The van der Waals surface area contributed by atoms with Crippen molar-refractivity contribution in [2.75, 3.05) is 13.1 Å². The lowest BCUT2D eigenvalue weighted by atomic mass is 9.97. The number of carbonyl (C=O) groups is 1. The SMILES string of the molecule is O=C(O)C1CCN(Cc2nn(-c3ccc(F)cc3)c3c2CCC3)CC1. The van der Waals surface area contributed by atoms with E-state index in [9.17, 15) is 9.18 Å². The summed E-state index contributed by atoms with van der Waals surface area (Å²) in [6, 6.07) is 6.47. The second kappa shape index (κ2) is 6.59.